The van der Waals surface area contributed by atoms with Gasteiger partial charge in [0.05, 0.1) is 12.3 Å². The van der Waals surface area contributed by atoms with Crippen LogP contribution >= 0.6 is 0 Å². The standard InChI is InChI=1S/C24H28N2O6S/c1-23(22(28)25-29,33(2,30)31)14-20-13-21(26-32-20)18-5-3-16(4-6-18)17-7-9-19(10-8-17)24(15-27)11-12-24/h3-10,20,27,29H,11-15H2,1-2H3,(H,25,28)/t20-,23?/m1/s1. The number of nitrogens with one attached hydrogen (secondary N) is 1. The van der Waals surface area contributed by atoms with E-state index in [-0.39, 0.29) is 18.4 Å². The molecule has 2 aliphatic rings. The fourth-order valence-electron chi connectivity index (χ4n) is 4.23. The molecule has 1 aliphatic heterocycles. The van der Waals surface area contributed by atoms with E-state index in [1.807, 2.05) is 24.3 Å². The summed E-state index contributed by atoms with van der Waals surface area (Å²) in [6.07, 6.45) is 2.61. The van der Waals surface area contributed by atoms with E-state index in [1.54, 1.807) is 0 Å². The zero-order valence-corrected chi connectivity index (χ0v) is 19.4. The molecule has 1 aliphatic carbocycles. The zero-order valence-electron chi connectivity index (χ0n) is 18.6. The van der Waals surface area contributed by atoms with E-state index in [0.717, 1.165) is 35.8 Å². The minimum Gasteiger partial charge on any atom is -0.395 e. The number of hydrogen-bond acceptors (Lipinski definition) is 7. The molecule has 1 unspecified atom stereocenters. The first kappa shape index (κ1) is 23.4. The highest BCUT2D eigenvalue weighted by Crippen LogP contribution is 2.47. The average Bonchev–Trinajstić information content (AvgIpc) is 3.49. The van der Waals surface area contributed by atoms with Crippen LogP contribution in [-0.4, -0.2) is 54.1 Å². The fourth-order valence-corrected chi connectivity index (χ4v) is 5.10. The van der Waals surface area contributed by atoms with Crippen molar-refractivity contribution < 1.29 is 28.4 Å². The lowest BCUT2D eigenvalue weighted by molar-refractivity contribution is -0.132. The van der Waals surface area contributed by atoms with Crippen molar-refractivity contribution in [3.63, 3.8) is 0 Å². The highest BCUT2D eigenvalue weighted by atomic mass is 32.2. The van der Waals surface area contributed by atoms with Gasteiger partial charge in [-0.3, -0.25) is 10.0 Å². The van der Waals surface area contributed by atoms with Crippen LogP contribution in [-0.2, 0) is 24.9 Å². The van der Waals surface area contributed by atoms with Crippen molar-refractivity contribution >= 4 is 21.5 Å². The van der Waals surface area contributed by atoms with E-state index in [4.69, 9.17) is 10.0 Å². The van der Waals surface area contributed by atoms with Gasteiger partial charge in [-0.25, -0.2) is 13.9 Å². The summed E-state index contributed by atoms with van der Waals surface area (Å²) in [4.78, 5) is 17.5. The van der Waals surface area contributed by atoms with Gasteiger partial charge >= 0.3 is 0 Å². The Labute approximate surface area is 193 Å². The number of amides is 1. The number of carbonyl (C=O) groups excluding carboxylic acids is 1. The van der Waals surface area contributed by atoms with Crippen molar-refractivity contribution in [2.24, 2.45) is 5.16 Å². The molecule has 0 radical (unpaired) electrons. The Balaban J connectivity index is 1.43. The molecule has 2 aromatic carbocycles. The second kappa shape index (κ2) is 8.55. The Morgan fingerprint density at radius 3 is 2.15 bits per heavy atom. The number of hydrogen-bond donors (Lipinski definition) is 3. The third-order valence-corrected chi connectivity index (χ3v) is 8.94. The molecule has 9 heteroatoms. The molecule has 1 saturated carbocycles. The molecule has 1 heterocycles. The monoisotopic (exact) mass is 472 g/mol. The van der Waals surface area contributed by atoms with E-state index in [2.05, 4.69) is 29.4 Å². The maximum absolute atomic E-state index is 12.2. The van der Waals surface area contributed by atoms with Gasteiger partial charge < -0.3 is 9.94 Å². The van der Waals surface area contributed by atoms with Gasteiger partial charge in [0, 0.05) is 24.5 Å². The van der Waals surface area contributed by atoms with Gasteiger partial charge in [0.2, 0.25) is 0 Å². The second-order valence-corrected chi connectivity index (χ2v) is 11.7. The van der Waals surface area contributed by atoms with Crippen molar-refractivity contribution in [2.45, 2.75) is 48.9 Å². The predicted octanol–water partition coefficient (Wildman–Crippen LogP) is 2.57. The van der Waals surface area contributed by atoms with Crippen molar-refractivity contribution in [1.29, 1.82) is 0 Å². The minimum absolute atomic E-state index is 0.0510. The molecule has 2 aromatic rings. The molecule has 0 saturated heterocycles. The molecule has 2 atom stereocenters. The minimum atomic E-state index is -3.81. The second-order valence-electron chi connectivity index (χ2n) is 9.21. The van der Waals surface area contributed by atoms with Crippen LogP contribution in [0.1, 0.15) is 43.7 Å². The van der Waals surface area contributed by atoms with E-state index >= 15 is 0 Å². The number of oxime groups is 1. The van der Waals surface area contributed by atoms with E-state index < -0.39 is 26.6 Å². The predicted molar refractivity (Wildman–Crippen MR) is 124 cm³/mol. The highest BCUT2D eigenvalue weighted by Gasteiger charge is 2.47. The molecule has 1 amide bonds. The van der Waals surface area contributed by atoms with Crippen LogP contribution in [0.4, 0.5) is 0 Å². The quantitative estimate of drug-likeness (QED) is 0.401. The number of benzene rings is 2. The van der Waals surface area contributed by atoms with Crippen LogP contribution in [0, 0.1) is 0 Å². The Hall–Kier alpha value is -2.75. The van der Waals surface area contributed by atoms with Crippen molar-refractivity contribution in [3.05, 3.63) is 59.7 Å². The molecule has 1 fully saturated rings. The summed E-state index contributed by atoms with van der Waals surface area (Å²) in [7, 11) is -3.81. The maximum atomic E-state index is 12.2. The Kier molecular flexibility index (Phi) is 6.07. The largest absolute Gasteiger partial charge is 0.395 e. The SMILES string of the molecule is CC(C[C@H]1CC(c2ccc(-c3ccc(C4(CO)CC4)cc3)cc2)=NO1)(C(=O)NO)S(C)(=O)=O. The molecule has 0 aromatic heterocycles. The van der Waals surface area contributed by atoms with Gasteiger partial charge in [0.1, 0.15) is 6.10 Å². The fraction of sp³-hybridized carbons (Fsp3) is 0.417. The molecule has 3 N–H and O–H groups in total. The van der Waals surface area contributed by atoms with Gasteiger partial charge in [-0.1, -0.05) is 53.7 Å². The summed E-state index contributed by atoms with van der Waals surface area (Å²) < 4.78 is 22.5. The van der Waals surface area contributed by atoms with Crippen LogP contribution in [0.3, 0.4) is 0 Å². The molecule has 33 heavy (non-hydrogen) atoms. The normalized spacial score (nSPS) is 21.0. The van der Waals surface area contributed by atoms with Gasteiger partial charge in [-0.2, -0.15) is 0 Å². The highest BCUT2D eigenvalue weighted by molar-refractivity contribution is 7.92. The first-order valence-electron chi connectivity index (χ1n) is 10.8. The van der Waals surface area contributed by atoms with Gasteiger partial charge in [-0.05, 0) is 42.0 Å². The lowest BCUT2D eigenvalue weighted by Crippen LogP contribution is -2.51. The Morgan fingerprint density at radius 2 is 1.67 bits per heavy atom. The number of rotatable bonds is 8. The first-order chi connectivity index (χ1) is 15.6. The van der Waals surface area contributed by atoms with Crippen LogP contribution in [0.5, 0.6) is 0 Å². The molecule has 8 nitrogen and oxygen atoms in total. The maximum Gasteiger partial charge on any atom is 0.264 e. The smallest absolute Gasteiger partial charge is 0.264 e. The average molecular weight is 473 g/mol. The third kappa shape index (κ3) is 4.40. The third-order valence-electron chi connectivity index (χ3n) is 6.96. The zero-order chi connectivity index (χ0) is 23.9. The van der Waals surface area contributed by atoms with Gasteiger partial charge in [0.25, 0.3) is 5.91 Å². The number of nitrogens with zero attached hydrogens (tertiary/aromatic N) is 1. The molecular weight excluding hydrogens is 444 g/mol. The first-order valence-corrected chi connectivity index (χ1v) is 12.7. The summed E-state index contributed by atoms with van der Waals surface area (Å²) in [5.74, 6) is -0.996. The molecule has 4 rings (SSSR count). The number of aliphatic hydroxyl groups is 1. The van der Waals surface area contributed by atoms with Gasteiger partial charge in [-0.15, -0.1) is 0 Å². The topological polar surface area (TPSA) is 125 Å². The van der Waals surface area contributed by atoms with Crippen LogP contribution < -0.4 is 5.48 Å². The lowest BCUT2D eigenvalue weighted by Gasteiger charge is -2.26. The summed E-state index contributed by atoms with van der Waals surface area (Å²) in [6, 6.07) is 16.1. The van der Waals surface area contributed by atoms with E-state index in [1.165, 1.54) is 18.0 Å². The Morgan fingerprint density at radius 1 is 1.12 bits per heavy atom. The van der Waals surface area contributed by atoms with Crippen LogP contribution in [0.2, 0.25) is 0 Å². The van der Waals surface area contributed by atoms with Gasteiger partial charge in [0.15, 0.2) is 14.6 Å². The Bertz CT molecular complexity index is 1170. The number of carbonyl (C=O) groups is 1. The van der Waals surface area contributed by atoms with E-state index in [0.29, 0.717) is 12.1 Å². The van der Waals surface area contributed by atoms with Crippen LogP contribution in [0.15, 0.2) is 53.7 Å². The molecular formula is C24H28N2O6S. The number of sulfone groups is 1. The molecule has 0 bridgehead atoms. The van der Waals surface area contributed by atoms with Crippen molar-refractivity contribution in [3.8, 4) is 11.1 Å². The summed E-state index contributed by atoms with van der Waals surface area (Å²) in [5.41, 5.74) is 6.19. The lowest BCUT2D eigenvalue weighted by atomic mass is 9.93. The molecule has 0 spiro atoms. The van der Waals surface area contributed by atoms with Crippen LogP contribution in [0.25, 0.3) is 11.1 Å². The van der Waals surface area contributed by atoms with E-state index in [9.17, 15) is 18.3 Å². The van der Waals surface area contributed by atoms with Crippen molar-refractivity contribution in [2.75, 3.05) is 12.9 Å². The van der Waals surface area contributed by atoms with Crippen molar-refractivity contribution in [1.82, 2.24) is 5.48 Å². The summed E-state index contributed by atoms with van der Waals surface area (Å²) in [5, 5.41) is 22.7. The number of hydroxylamine groups is 1. The summed E-state index contributed by atoms with van der Waals surface area (Å²) in [6.45, 7) is 1.45. The molecule has 176 valence electrons. The number of aliphatic hydroxyl groups excluding tert-OH is 1. The summed E-state index contributed by atoms with van der Waals surface area (Å²) >= 11 is 0.